The highest BCUT2D eigenvalue weighted by Crippen LogP contribution is 2.23. The first-order valence-corrected chi connectivity index (χ1v) is 7.96. The Bertz CT molecular complexity index is 370. The molecule has 114 valence electrons. The Labute approximate surface area is 124 Å². The van der Waals surface area contributed by atoms with Gasteiger partial charge in [-0.2, -0.15) is 0 Å². The van der Waals surface area contributed by atoms with Crippen LogP contribution < -0.4 is 5.32 Å². The van der Waals surface area contributed by atoms with Crippen molar-refractivity contribution in [1.82, 2.24) is 5.32 Å². The van der Waals surface area contributed by atoms with Gasteiger partial charge in [-0.15, -0.1) is 0 Å². The van der Waals surface area contributed by atoms with Crippen molar-refractivity contribution in [2.45, 2.75) is 59.6 Å². The van der Waals surface area contributed by atoms with Gasteiger partial charge in [-0.1, -0.05) is 58.9 Å². The van der Waals surface area contributed by atoms with E-state index in [1.54, 1.807) is 0 Å². The maximum Gasteiger partial charge on any atom is 0.0945 e. The van der Waals surface area contributed by atoms with Gasteiger partial charge in [-0.3, -0.25) is 0 Å². The van der Waals surface area contributed by atoms with Crippen LogP contribution in [0.1, 0.15) is 58.3 Å². The van der Waals surface area contributed by atoms with Crippen LogP contribution >= 0.6 is 0 Å². The summed E-state index contributed by atoms with van der Waals surface area (Å²) in [7, 11) is 0. The maximum absolute atomic E-state index is 10.6. The van der Waals surface area contributed by atoms with Gasteiger partial charge in [-0.05, 0) is 42.3 Å². The van der Waals surface area contributed by atoms with Gasteiger partial charge in [0.25, 0.3) is 0 Å². The molecule has 1 aromatic carbocycles. The zero-order valence-corrected chi connectivity index (χ0v) is 13.7. The molecular weight excluding hydrogens is 246 g/mol. The van der Waals surface area contributed by atoms with Gasteiger partial charge in [0.2, 0.25) is 0 Å². The summed E-state index contributed by atoms with van der Waals surface area (Å²) in [5, 5.41) is 14.1. The summed E-state index contributed by atoms with van der Waals surface area (Å²) in [5.41, 5.74) is 2.36. The van der Waals surface area contributed by atoms with Gasteiger partial charge in [0.05, 0.1) is 6.10 Å². The van der Waals surface area contributed by atoms with Gasteiger partial charge in [-0.25, -0.2) is 0 Å². The standard InChI is InChI=1S/C18H31NO/c1-6-11-19-17(14(4)5)18(20)16-9-7-15(8-10-16)12-13(2)3/h7-10,13-14,17-20H,6,11-12H2,1-5H3. The molecule has 1 rings (SSSR count). The van der Waals surface area contributed by atoms with Crippen molar-refractivity contribution in [3.8, 4) is 0 Å². The molecule has 0 aliphatic heterocycles. The van der Waals surface area contributed by atoms with Crippen LogP contribution in [0.4, 0.5) is 0 Å². The first-order chi connectivity index (χ1) is 9.45. The second-order valence-electron chi connectivity index (χ2n) is 6.51. The Morgan fingerprint density at radius 2 is 1.65 bits per heavy atom. The third-order valence-electron chi connectivity index (χ3n) is 3.65. The van der Waals surface area contributed by atoms with E-state index in [0.29, 0.717) is 11.8 Å². The van der Waals surface area contributed by atoms with Crippen molar-refractivity contribution in [1.29, 1.82) is 0 Å². The van der Waals surface area contributed by atoms with E-state index < -0.39 is 6.10 Å². The van der Waals surface area contributed by atoms with E-state index in [-0.39, 0.29) is 6.04 Å². The summed E-state index contributed by atoms with van der Waals surface area (Å²) >= 11 is 0. The van der Waals surface area contributed by atoms with Crippen LogP contribution in [0.15, 0.2) is 24.3 Å². The largest absolute Gasteiger partial charge is 0.387 e. The van der Waals surface area contributed by atoms with Crippen LogP contribution in [0.25, 0.3) is 0 Å². The molecule has 20 heavy (non-hydrogen) atoms. The van der Waals surface area contributed by atoms with E-state index in [0.717, 1.165) is 24.9 Å². The predicted octanol–water partition coefficient (Wildman–Crippen LogP) is 3.94. The number of hydrogen-bond acceptors (Lipinski definition) is 2. The van der Waals surface area contributed by atoms with Crippen LogP contribution in [-0.2, 0) is 6.42 Å². The monoisotopic (exact) mass is 277 g/mol. The Hall–Kier alpha value is -0.860. The molecule has 0 bridgehead atoms. The molecule has 0 heterocycles. The van der Waals surface area contributed by atoms with Gasteiger partial charge < -0.3 is 10.4 Å². The molecular formula is C18H31NO. The average Bonchev–Trinajstić information content (AvgIpc) is 2.38. The molecule has 2 unspecified atom stereocenters. The van der Waals surface area contributed by atoms with Crippen molar-refractivity contribution in [3.05, 3.63) is 35.4 Å². The van der Waals surface area contributed by atoms with Crippen LogP contribution in [0.2, 0.25) is 0 Å². The fourth-order valence-electron chi connectivity index (χ4n) is 2.55. The summed E-state index contributed by atoms with van der Waals surface area (Å²) in [6.07, 6.45) is 1.75. The first-order valence-electron chi connectivity index (χ1n) is 7.96. The lowest BCUT2D eigenvalue weighted by molar-refractivity contribution is 0.105. The summed E-state index contributed by atoms with van der Waals surface area (Å²) in [6.45, 7) is 11.9. The molecule has 0 saturated carbocycles. The molecule has 2 atom stereocenters. The zero-order chi connectivity index (χ0) is 15.1. The zero-order valence-electron chi connectivity index (χ0n) is 13.7. The molecule has 0 amide bonds. The predicted molar refractivity (Wildman–Crippen MR) is 86.9 cm³/mol. The number of rotatable bonds is 8. The number of aliphatic hydroxyl groups excluding tert-OH is 1. The van der Waals surface area contributed by atoms with E-state index in [4.69, 9.17) is 0 Å². The number of aliphatic hydroxyl groups is 1. The third-order valence-corrected chi connectivity index (χ3v) is 3.65. The Morgan fingerprint density at radius 1 is 1.05 bits per heavy atom. The van der Waals surface area contributed by atoms with Crippen molar-refractivity contribution < 1.29 is 5.11 Å². The third kappa shape index (κ3) is 5.26. The van der Waals surface area contributed by atoms with Crippen LogP contribution in [-0.4, -0.2) is 17.7 Å². The molecule has 0 saturated heterocycles. The Morgan fingerprint density at radius 3 is 2.10 bits per heavy atom. The van der Waals surface area contributed by atoms with Crippen molar-refractivity contribution in [3.63, 3.8) is 0 Å². The lowest BCUT2D eigenvalue weighted by Gasteiger charge is -2.28. The molecule has 2 nitrogen and oxygen atoms in total. The molecule has 0 aromatic heterocycles. The number of benzene rings is 1. The SMILES string of the molecule is CCCNC(C(C)C)C(O)c1ccc(CC(C)C)cc1. The highest BCUT2D eigenvalue weighted by Gasteiger charge is 2.23. The van der Waals surface area contributed by atoms with Crippen molar-refractivity contribution in [2.24, 2.45) is 11.8 Å². The fourth-order valence-corrected chi connectivity index (χ4v) is 2.55. The minimum absolute atomic E-state index is 0.117. The smallest absolute Gasteiger partial charge is 0.0945 e. The maximum atomic E-state index is 10.6. The molecule has 2 heteroatoms. The lowest BCUT2D eigenvalue weighted by Crippen LogP contribution is -2.39. The van der Waals surface area contributed by atoms with Gasteiger partial charge in [0.1, 0.15) is 0 Å². The Kier molecular flexibility index (Phi) is 7.25. The molecule has 0 radical (unpaired) electrons. The average molecular weight is 277 g/mol. The van der Waals surface area contributed by atoms with Crippen LogP contribution in [0.5, 0.6) is 0 Å². The quantitative estimate of drug-likeness (QED) is 0.754. The summed E-state index contributed by atoms with van der Waals surface area (Å²) < 4.78 is 0. The van der Waals surface area contributed by atoms with Crippen molar-refractivity contribution in [2.75, 3.05) is 6.54 Å². The summed E-state index contributed by atoms with van der Waals surface area (Å²) in [5.74, 6) is 1.08. The molecule has 0 spiro atoms. The lowest BCUT2D eigenvalue weighted by atomic mass is 9.92. The molecule has 0 aliphatic carbocycles. The number of hydrogen-bond donors (Lipinski definition) is 2. The molecule has 0 aliphatic rings. The van der Waals surface area contributed by atoms with Crippen LogP contribution in [0, 0.1) is 11.8 Å². The second-order valence-corrected chi connectivity index (χ2v) is 6.51. The number of nitrogens with one attached hydrogen (secondary N) is 1. The molecule has 1 aromatic rings. The normalized spacial score (nSPS) is 14.8. The van der Waals surface area contributed by atoms with Gasteiger partial charge >= 0.3 is 0 Å². The fraction of sp³-hybridized carbons (Fsp3) is 0.667. The second kappa shape index (κ2) is 8.43. The minimum Gasteiger partial charge on any atom is -0.387 e. The van der Waals surface area contributed by atoms with Gasteiger partial charge in [0, 0.05) is 6.04 Å². The molecule has 2 N–H and O–H groups in total. The minimum atomic E-state index is -0.436. The summed E-state index contributed by atoms with van der Waals surface area (Å²) in [6, 6.07) is 8.56. The highest BCUT2D eigenvalue weighted by atomic mass is 16.3. The highest BCUT2D eigenvalue weighted by molar-refractivity contribution is 5.25. The van der Waals surface area contributed by atoms with E-state index in [1.165, 1.54) is 5.56 Å². The van der Waals surface area contributed by atoms with Crippen molar-refractivity contribution >= 4 is 0 Å². The van der Waals surface area contributed by atoms with E-state index in [9.17, 15) is 5.11 Å². The van der Waals surface area contributed by atoms with E-state index >= 15 is 0 Å². The van der Waals surface area contributed by atoms with Crippen LogP contribution in [0.3, 0.4) is 0 Å². The van der Waals surface area contributed by atoms with E-state index in [1.807, 2.05) is 0 Å². The topological polar surface area (TPSA) is 32.3 Å². The summed E-state index contributed by atoms with van der Waals surface area (Å²) in [4.78, 5) is 0. The van der Waals surface area contributed by atoms with Gasteiger partial charge in [0.15, 0.2) is 0 Å². The Balaban J connectivity index is 2.75. The first kappa shape index (κ1) is 17.2. The van der Waals surface area contributed by atoms with E-state index in [2.05, 4.69) is 64.2 Å². The molecule has 0 fully saturated rings.